The van der Waals surface area contributed by atoms with Gasteiger partial charge in [-0.2, -0.15) is 0 Å². The lowest BCUT2D eigenvalue weighted by Crippen LogP contribution is -2.42. The van der Waals surface area contributed by atoms with Crippen molar-refractivity contribution >= 4 is 28.6 Å². The molecule has 0 aliphatic carbocycles. The maximum absolute atomic E-state index is 13.2. The van der Waals surface area contributed by atoms with Crippen molar-refractivity contribution in [2.45, 2.75) is 45.1 Å². The van der Waals surface area contributed by atoms with Crippen LogP contribution < -0.4 is 4.74 Å². The third-order valence-corrected chi connectivity index (χ3v) is 6.04. The average Bonchev–Trinajstić information content (AvgIpc) is 3.44. The maximum atomic E-state index is 13.2. The number of amides is 1. The minimum absolute atomic E-state index is 0.0708. The highest BCUT2D eigenvalue weighted by atomic mass is 19.4. The summed E-state index contributed by atoms with van der Waals surface area (Å²) in [4.78, 5) is 40.2. The third-order valence-electron chi connectivity index (χ3n) is 6.04. The van der Waals surface area contributed by atoms with E-state index in [4.69, 9.17) is 4.74 Å². The predicted molar refractivity (Wildman–Crippen MR) is 124 cm³/mol. The van der Waals surface area contributed by atoms with Crippen molar-refractivity contribution in [1.82, 2.24) is 9.47 Å². The van der Waals surface area contributed by atoms with Gasteiger partial charge in [0, 0.05) is 30.1 Å². The van der Waals surface area contributed by atoms with E-state index in [0.717, 1.165) is 0 Å². The average molecular weight is 502 g/mol. The molecule has 0 N–H and O–H groups in total. The molecular weight excluding hydrogens is 477 g/mol. The van der Waals surface area contributed by atoms with Gasteiger partial charge in [0.15, 0.2) is 5.78 Å². The van der Waals surface area contributed by atoms with E-state index in [9.17, 15) is 27.6 Å². The van der Waals surface area contributed by atoms with Crippen LogP contribution in [0.15, 0.2) is 54.7 Å². The molecule has 7 nitrogen and oxygen atoms in total. The lowest BCUT2D eigenvalue weighted by atomic mass is 10.0. The lowest BCUT2D eigenvalue weighted by molar-refractivity contribution is -0.274. The van der Waals surface area contributed by atoms with Crippen LogP contribution in [0, 0.1) is 0 Å². The fraction of sp³-hybridized carbons (Fsp3) is 0.346. The zero-order chi connectivity index (χ0) is 25.9. The predicted octanol–water partition coefficient (Wildman–Crippen LogP) is 4.52. The number of hydrogen-bond donors (Lipinski definition) is 0. The van der Waals surface area contributed by atoms with E-state index in [2.05, 4.69) is 4.74 Å². The second-order valence-electron chi connectivity index (χ2n) is 8.49. The molecule has 0 unspecified atom stereocenters. The molecule has 1 atom stereocenters. The number of ether oxygens (including phenoxy) is 2. The van der Waals surface area contributed by atoms with E-state index in [1.54, 1.807) is 48.0 Å². The van der Waals surface area contributed by atoms with Crippen molar-refractivity contribution in [3.63, 3.8) is 0 Å². The van der Waals surface area contributed by atoms with Crippen LogP contribution >= 0.6 is 0 Å². The second-order valence-corrected chi connectivity index (χ2v) is 8.49. The van der Waals surface area contributed by atoms with E-state index in [1.165, 1.54) is 23.1 Å². The van der Waals surface area contributed by atoms with Crippen LogP contribution in [0.25, 0.3) is 10.9 Å². The monoisotopic (exact) mass is 502 g/mol. The lowest BCUT2D eigenvalue weighted by Gasteiger charge is -2.24. The van der Waals surface area contributed by atoms with Gasteiger partial charge in [-0.25, -0.2) is 4.79 Å². The van der Waals surface area contributed by atoms with Gasteiger partial charge in [-0.05, 0) is 43.5 Å². The SMILES string of the molecule is CCOC(=O)c1cn(CC(=O)N2CCC[C@H]2C(=O)Cc2cccc(OC(F)(F)F)c2)c2ccccc12. The van der Waals surface area contributed by atoms with Gasteiger partial charge in [0.2, 0.25) is 5.91 Å². The summed E-state index contributed by atoms with van der Waals surface area (Å²) in [6.07, 6.45) is -2.25. The molecule has 1 saturated heterocycles. The van der Waals surface area contributed by atoms with Crippen molar-refractivity contribution in [3.8, 4) is 5.75 Å². The Hall–Kier alpha value is -3.82. The Bertz CT molecular complexity index is 1280. The first-order valence-corrected chi connectivity index (χ1v) is 11.6. The van der Waals surface area contributed by atoms with Gasteiger partial charge >= 0.3 is 12.3 Å². The highest BCUT2D eigenvalue weighted by molar-refractivity contribution is 6.04. The smallest absolute Gasteiger partial charge is 0.462 e. The van der Waals surface area contributed by atoms with Gasteiger partial charge in [0.1, 0.15) is 12.3 Å². The Morgan fingerprint density at radius 1 is 1.08 bits per heavy atom. The highest BCUT2D eigenvalue weighted by Gasteiger charge is 2.34. The highest BCUT2D eigenvalue weighted by Crippen LogP contribution is 2.26. The quantitative estimate of drug-likeness (QED) is 0.424. The first-order valence-electron chi connectivity index (χ1n) is 11.6. The summed E-state index contributed by atoms with van der Waals surface area (Å²) in [7, 11) is 0. The van der Waals surface area contributed by atoms with Crippen LogP contribution in [0.1, 0.15) is 35.7 Å². The van der Waals surface area contributed by atoms with Gasteiger partial charge in [-0.15, -0.1) is 13.2 Å². The van der Waals surface area contributed by atoms with E-state index in [-0.39, 0.29) is 31.3 Å². The van der Waals surface area contributed by atoms with E-state index < -0.39 is 24.1 Å². The molecule has 0 saturated carbocycles. The second kappa shape index (κ2) is 10.4. The molecule has 1 aliphatic heterocycles. The number of aromatic nitrogens is 1. The van der Waals surface area contributed by atoms with Crippen LogP contribution in [0.5, 0.6) is 5.75 Å². The normalized spacial score (nSPS) is 15.8. The molecule has 10 heteroatoms. The molecule has 0 spiro atoms. The first kappa shape index (κ1) is 25.3. The van der Waals surface area contributed by atoms with Crippen LogP contribution in [0.3, 0.4) is 0 Å². The van der Waals surface area contributed by atoms with Crippen LogP contribution in [0.2, 0.25) is 0 Å². The number of carbonyl (C=O) groups excluding carboxylic acids is 3. The summed E-state index contributed by atoms with van der Waals surface area (Å²) in [5.41, 5.74) is 1.42. The molecule has 2 aromatic carbocycles. The molecule has 4 rings (SSSR count). The van der Waals surface area contributed by atoms with Crippen molar-refractivity contribution < 1.29 is 37.0 Å². The molecule has 3 aromatic rings. The van der Waals surface area contributed by atoms with Crippen molar-refractivity contribution in [2.24, 2.45) is 0 Å². The third kappa shape index (κ3) is 5.69. The van der Waals surface area contributed by atoms with Crippen molar-refractivity contribution in [3.05, 3.63) is 65.9 Å². The van der Waals surface area contributed by atoms with Gasteiger partial charge < -0.3 is 18.9 Å². The molecule has 36 heavy (non-hydrogen) atoms. The Morgan fingerprint density at radius 3 is 2.61 bits per heavy atom. The van der Waals surface area contributed by atoms with E-state index >= 15 is 0 Å². The molecule has 190 valence electrons. The molecular formula is C26H25F3N2O5. The maximum Gasteiger partial charge on any atom is 0.573 e. The van der Waals surface area contributed by atoms with Crippen LogP contribution in [-0.4, -0.2) is 52.7 Å². The summed E-state index contributed by atoms with van der Waals surface area (Å²) < 4.78 is 48.3. The topological polar surface area (TPSA) is 77.8 Å². The minimum atomic E-state index is -4.83. The number of ketones is 1. The number of nitrogens with zero attached hydrogens (tertiary/aromatic N) is 2. The summed E-state index contributed by atoms with van der Waals surface area (Å²) in [6, 6.07) is 11.8. The number of para-hydroxylation sites is 1. The van der Waals surface area contributed by atoms with Gasteiger partial charge in [0.05, 0.1) is 18.2 Å². The van der Waals surface area contributed by atoms with E-state index in [1.807, 2.05) is 0 Å². The number of likely N-dealkylation sites (tertiary alicyclic amines) is 1. The zero-order valence-electron chi connectivity index (χ0n) is 19.6. The molecule has 2 heterocycles. The fourth-order valence-electron chi connectivity index (χ4n) is 4.56. The Labute approximate surface area is 205 Å². The van der Waals surface area contributed by atoms with Crippen molar-refractivity contribution in [1.29, 1.82) is 0 Å². The summed E-state index contributed by atoms with van der Waals surface area (Å²) >= 11 is 0. The number of benzene rings is 2. The zero-order valence-corrected chi connectivity index (χ0v) is 19.6. The molecule has 1 fully saturated rings. The minimum Gasteiger partial charge on any atom is -0.462 e. The number of rotatable bonds is 8. The fourth-order valence-corrected chi connectivity index (χ4v) is 4.56. The number of hydrogen-bond acceptors (Lipinski definition) is 5. The molecule has 1 amide bonds. The first-order chi connectivity index (χ1) is 17.2. The molecule has 1 aliphatic rings. The molecule has 0 bridgehead atoms. The number of halogens is 3. The number of esters is 1. The number of carbonyl (C=O) groups is 3. The standard InChI is InChI=1S/C26H25F3N2O5/c1-2-35-25(34)20-15-30(21-10-4-3-9-19(20)21)16-24(33)31-12-6-11-22(31)23(32)14-17-7-5-8-18(13-17)36-26(27,28)29/h3-5,7-10,13,15,22H,2,6,11-12,14,16H2,1H3/t22-/m0/s1. The van der Waals surface area contributed by atoms with Crippen LogP contribution in [0.4, 0.5) is 13.2 Å². The summed E-state index contributed by atoms with van der Waals surface area (Å²) in [5, 5.41) is 0.666. The van der Waals surface area contributed by atoms with Gasteiger partial charge in [0.25, 0.3) is 0 Å². The molecule has 1 aromatic heterocycles. The Morgan fingerprint density at radius 2 is 1.86 bits per heavy atom. The van der Waals surface area contributed by atoms with Gasteiger partial charge in [-0.3, -0.25) is 9.59 Å². The largest absolute Gasteiger partial charge is 0.573 e. The number of Topliss-reactive ketones (excluding diaryl/α,β-unsaturated/α-hetero) is 1. The number of fused-ring (bicyclic) bond motifs is 1. The van der Waals surface area contributed by atoms with E-state index in [0.29, 0.717) is 41.4 Å². The summed E-state index contributed by atoms with van der Waals surface area (Å²) in [5.74, 6) is -1.42. The van der Waals surface area contributed by atoms with Gasteiger partial charge in [-0.1, -0.05) is 30.3 Å². The Balaban J connectivity index is 1.48. The Kier molecular flexibility index (Phi) is 7.32. The van der Waals surface area contributed by atoms with Crippen molar-refractivity contribution in [2.75, 3.05) is 13.2 Å². The number of alkyl halides is 3. The summed E-state index contributed by atoms with van der Waals surface area (Å²) in [6.45, 7) is 2.26. The molecule has 0 radical (unpaired) electrons. The van der Waals surface area contributed by atoms with Crippen LogP contribution in [-0.2, 0) is 27.3 Å².